The number of allylic oxidation sites excluding steroid dienone is 1. The highest BCUT2D eigenvalue weighted by molar-refractivity contribution is 5.75. The molecule has 0 aliphatic rings. The minimum absolute atomic E-state index is 0.213. The fraction of sp³-hybridized carbons (Fsp3) is 0.800. The van der Waals surface area contributed by atoms with Crippen molar-refractivity contribution in [1.82, 2.24) is 5.32 Å². The monoisotopic (exact) mass is 239 g/mol. The molecule has 0 aromatic rings. The first kappa shape index (κ1) is 16.2. The van der Waals surface area contributed by atoms with E-state index in [1.807, 2.05) is 6.08 Å². The molecule has 0 spiro atoms. The van der Waals surface area contributed by atoms with Gasteiger partial charge in [0.2, 0.25) is 5.91 Å². The predicted molar refractivity (Wildman–Crippen MR) is 75.0 cm³/mol. The summed E-state index contributed by atoms with van der Waals surface area (Å²) in [4.78, 5) is 11.4. The molecule has 0 aliphatic carbocycles. The minimum atomic E-state index is 0.213. The molecule has 0 aromatic heterocycles. The van der Waals surface area contributed by atoms with Crippen LogP contribution in [0.1, 0.15) is 65.2 Å². The van der Waals surface area contributed by atoms with E-state index in [1.165, 1.54) is 32.1 Å². The molecule has 0 radical (unpaired) electrons. The van der Waals surface area contributed by atoms with Crippen molar-refractivity contribution in [3.05, 3.63) is 12.7 Å². The molecule has 2 heteroatoms. The molecule has 0 aromatic carbocycles. The SMILES string of the molecule is C=CCCCCCCCCC(=O)NCC(C)C. The zero-order valence-electron chi connectivity index (χ0n) is 11.6. The smallest absolute Gasteiger partial charge is 0.220 e. The molecule has 0 fully saturated rings. The second-order valence-corrected chi connectivity index (χ2v) is 5.15. The van der Waals surface area contributed by atoms with E-state index in [0.717, 1.165) is 19.4 Å². The summed E-state index contributed by atoms with van der Waals surface area (Å²) in [5.74, 6) is 0.758. The maximum Gasteiger partial charge on any atom is 0.220 e. The van der Waals surface area contributed by atoms with Crippen LogP contribution in [0.3, 0.4) is 0 Å². The van der Waals surface area contributed by atoms with E-state index >= 15 is 0 Å². The van der Waals surface area contributed by atoms with Crippen molar-refractivity contribution < 1.29 is 4.79 Å². The molecule has 1 N–H and O–H groups in total. The van der Waals surface area contributed by atoms with Gasteiger partial charge in [-0.15, -0.1) is 6.58 Å². The summed E-state index contributed by atoms with van der Waals surface area (Å²) in [6.07, 6.45) is 11.1. The Morgan fingerprint density at radius 2 is 1.71 bits per heavy atom. The summed E-state index contributed by atoms with van der Waals surface area (Å²) < 4.78 is 0. The molecule has 0 aliphatic heterocycles. The van der Waals surface area contributed by atoms with Crippen LogP contribution in [0.2, 0.25) is 0 Å². The second-order valence-electron chi connectivity index (χ2n) is 5.15. The Kier molecular flexibility index (Phi) is 11.1. The van der Waals surface area contributed by atoms with Gasteiger partial charge in [-0.2, -0.15) is 0 Å². The van der Waals surface area contributed by atoms with Gasteiger partial charge in [-0.05, 0) is 25.2 Å². The summed E-state index contributed by atoms with van der Waals surface area (Å²) >= 11 is 0. The highest BCUT2D eigenvalue weighted by atomic mass is 16.1. The number of hydrogen-bond acceptors (Lipinski definition) is 1. The van der Waals surface area contributed by atoms with Gasteiger partial charge in [-0.3, -0.25) is 4.79 Å². The van der Waals surface area contributed by atoms with Crippen molar-refractivity contribution in [2.45, 2.75) is 65.2 Å². The summed E-state index contributed by atoms with van der Waals surface area (Å²) in [5, 5.41) is 2.95. The number of carbonyl (C=O) groups is 1. The average molecular weight is 239 g/mol. The topological polar surface area (TPSA) is 29.1 Å². The van der Waals surface area contributed by atoms with Gasteiger partial charge >= 0.3 is 0 Å². The van der Waals surface area contributed by atoms with Crippen LogP contribution in [0, 0.1) is 5.92 Å². The third kappa shape index (κ3) is 13.1. The first-order chi connectivity index (χ1) is 8.16. The fourth-order valence-corrected chi connectivity index (χ4v) is 1.69. The van der Waals surface area contributed by atoms with Crippen molar-refractivity contribution in [3.63, 3.8) is 0 Å². The number of unbranched alkanes of at least 4 members (excludes halogenated alkanes) is 6. The van der Waals surface area contributed by atoms with Crippen molar-refractivity contribution in [1.29, 1.82) is 0 Å². The summed E-state index contributed by atoms with van der Waals surface area (Å²) in [5.41, 5.74) is 0. The molecule has 0 unspecified atom stereocenters. The first-order valence-corrected chi connectivity index (χ1v) is 7.04. The lowest BCUT2D eigenvalue weighted by molar-refractivity contribution is -0.121. The molecule has 0 saturated heterocycles. The molecule has 100 valence electrons. The fourth-order valence-electron chi connectivity index (χ4n) is 1.69. The normalized spacial score (nSPS) is 10.5. The lowest BCUT2D eigenvalue weighted by Crippen LogP contribution is -2.26. The lowest BCUT2D eigenvalue weighted by atomic mass is 10.1. The standard InChI is InChI=1S/C15H29NO/c1-4-5-6-7-8-9-10-11-12-15(17)16-13-14(2)3/h4,14H,1,5-13H2,2-3H3,(H,16,17). The number of rotatable bonds is 11. The van der Waals surface area contributed by atoms with Gasteiger partial charge in [-0.1, -0.05) is 45.6 Å². The van der Waals surface area contributed by atoms with Gasteiger partial charge in [-0.25, -0.2) is 0 Å². The Hall–Kier alpha value is -0.790. The quantitative estimate of drug-likeness (QED) is 0.427. The van der Waals surface area contributed by atoms with Gasteiger partial charge < -0.3 is 5.32 Å². The van der Waals surface area contributed by atoms with Gasteiger partial charge in [0.1, 0.15) is 0 Å². The maximum atomic E-state index is 11.4. The van der Waals surface area contributed by atoms with E-state index in [9.17, 15) is 4.79 Å². The van der Waals surface area contributed by atoms with E-state index in [1.54, 1.807) is 0 Å². The van der Waals surface area contributed by atoms with Crippen molar-refractivity contribution >= 4 is 5.91 Å². The summed E-state index contributed by atoms with van der Waals surface area (Å²) in [6, 6.07) is 0. The highest BCUT2D eigenvalue weighted by Crippen LogP contribution is 2.08. The van der Waals surface area contributed by atoms with E-state index in [0.29, 0.717) is 12.3 Å². The highest BCUT2D eigenvalue weighted by Gasteiger charge is 2.01. The van der Waals surface area contributed by atoms with Crippen LogP contribution in [0.5, 0.6) is 0 Å². The van der Waals surface area contributed by atoms with E-state index in [2.05, 4.69) is 25.7 Å². The Morgan fingerprint density at radius 1 is 1.12 bits per heavy atom. The van der Waals surface area contributed by atoms with E-state index < -0.39 is 0 Å². The van der Waals surface area contributed by atoms with Crippen LogP contribution in [-0.2, 0) is 4.79 Å². The summed E-state index contributed by atoms with van der Waals surface area (Å²) in [7, 11) is 0. The first-order valence-electron chi connectivity index (χ1n) is 7.04. The lowest BCUT2D eigenvalue weighted by Gasteiger charge is -2.07. The Balaban J connectivity index is 3.16. The molecule has 0 bridgehead atoms. The number of carbonyl (C=O) groups excluding carboxylic acids is 1. The summed E-state index contributed by atoms with van der Waals surface area (Å²) in [6.45, 7) is 8.75. The Morgan fingerprint density at radius 3 is 2.29 bits per heavy atom. The van der Waals surface area contributed by atoms with E-state index in [4.69, 9.17) is 0 Å². The zero-order chi connectivity index (χ0) is 12.9. The molecular formula is C15H29NO. The van der Waals surface area contributed by atoms with Crippen LogP contribution in [-0.4, -0.2) is 12.5 Å². The van der Waals surface area contributed by atoms with Crippen molar-refractivity contribution in [2.24, 2.45) is 5.92 Å². The molecular weight excluding hydrogens is 210 g/mol. The van der Waals surface area contributed by atoms with Gasteiger partial charge in [0.25, 0.3) is 0 Å². The van der Waals surface area contributed by atoms with Crippen LogP contribution in [0.15, 0.2) is 12.7 Å². The molecule has 0 atom stereocenters. The number of nitrogens with one attached hydrogen (secondary N) is 1. The van der Waals surface area contributed by atoms with Crippen LogP contribution >= 0.6 is 0 Å². The van der Waals surface area contributed by atoms with Crippen LogP contribution in [0.4, 0.5) is 0 Å². The van der Waals surface area contributed by atoms with E-state index in [-0.39, 0.29) is 5.91 Å². The molecule has 17 heavy (non-hydrogen) atoms. The average Bonchev–Trinajstić information content (AvgIpc) is 2.30. The second kappa shape index (κ2) is 11.7. The zero-order valence-corrected chi connectivity index (χ0v) is 11.6. The molecule has 0 rings (SSSR count). The predicted octanol–water partition coefficient (Wildman–Crippen LogP) is 4.07. The third-order valence-electron chi connectivity index (χ3n) is 2.77. The maximum absolute atomic E-state index is 11.4. The Bertz CT molecular complexity index is 199. The molecule has 0 saturated carbocycles. The minimum Gasteiger partial charge on any atom is -0.356 e. The van der Waals surface area contributed by atoms with Crippen molar-refractivity contribution in [3.8, 4) is 0 Å². The van der Waals surface area contributed by atoms with Crippen LogP contribution < -0.4 is 5.32 Å². The largest absolute Gasteiger partial charge is 0.356 e. The van der Waals surface area contributed by atoms with Gasteiger partial charge in [0.05, 0.1) is 0 Å². The number of hydrogen-bond donors (Lipinski definition) is 1. The van der Waals surface area contributed by atoms with Crippen LogP contribution in [0.25, 0.3) is 0 Å². The third-order valence-corrected chi connectivity index (χ3v) is 2.77. The molecule has 2 nitrogen and oxygen atoms in total. The molecule has 0 heterocycles. The van der Waals surface area contributed by atoms with Gasteiger partial charge in [0.15, 0.2) is 0 Å². The van der Waals surface area contributed by atoms with Gasteiger partial charge in [0, 0.05) is 13.0 Å². The molecule has 1 amide bonds. The Labute approximate surface area is 107 Å². The number of amides is 1. The van der Waals surface area contributed by atoms with Crippen molar-refractivity contribution in [2.75, 3.05) is 6.54 Å².